The van der Waals surface area contributed by atoms with Crippen molar-refractivity contribution in [3.8, 4) is 5.75 Å². The largest absolute Gasteiger partial charge is 0.489 e. The van der Waals surface area contributed by atoms with Crippen LogP contribution in [0.25, 0.3) is 0 Å². The molecule has 0 saturated heterocycles. The summed E-state index contributed by atoms with van der Waals surface area (Å²) in [6.07, 6.45) is 2.08. The van der Waals surface area contributed by atoms with E-state index in [1.165, 1.54) is 5.56 Å². The molecule has 2 rings (SSSR count). The number of ether oxygens (including phenoxy) is 1. The van der Waals surface area contributed by atoms with Crippen LogP contribution in [0.15, 0.2) is 28.8 Å². The highest BCUT2D eigenvalue weighted by Crippen LogP contribution is 2.24. The third-order valence-corrected chi connectivity index (χ3v) is 3.01. The van der Waals surface area contributed by atoms with Gasteiger partial charge >= 0.3 is 0 Å². The van der Waals surface area contributed by atoms with Crippen LogP contribution in [-0.4, -0.2) is 17.8 Å². The van der Waals surface area contributed by atoms with E-state index in [9.17, 15) is 0 Å². The number of nitrogens with zero attached hydrogens (tertiary/aromatic N) is 1. The fourth-order valence-electron chi connectivity index (χ4n) is 2.07. The zero-order valence-corrected chi connectivity index (χ0v) is 12.8. The molecular formula is C16H23N3O2. The first-order chi connectivity index (χ1) is 10.0. The Hall–Kier alpha value is -2.17. The van der Waals surface area contributed by atoms with Gasteiger partial charge in [0.05, 0.1) is 11.8 Å². The summed E-state index contributed by atoms with van der Waals surface area (Å²) in [4.78, 5) is 0. The molecular weight excluding hydrogens is 266 g/mol. The van der Waals surface area contributed by atoms with Crippen LogP contribution in [0.2, 0.25) is 0 Å². The van der Waals surface area contributed by atoms with Gasteiger partial charge in [-0.25, -0.2) is 0 Å². The summed E-state index contributed by atoms with van der Waals surface area (Å²) < 4.78 is 10.6. The molecule has 2 aromatic rings. The van der Waals surface area contributed by atoms with E-state index in [-0.39, 0.29) is 6.10 Å². The van der Waals surface area contributed by atoms with Crippen molar-refractivity contribution in [3.63, 3.8) is 0 Å². The third kappa shape index (κ3) is 4.70. The fourth-order valence-corrected chi connectivity index (χ4v) is 2.07. The number of aromatic nitrogens is 1. The second kappa shape index (κ2) is 7.02. The topological polar surface area (TPSA) is 73.3 Å². The van der Waals surface area contributed by atoms with Gasteiger partial charge in [0.1, 0.15) is 11.5 Å². The van der Waals surface area contributed by atoms with Gasteiger partial charge in [-0.05, 0) is 51.3 Å². The summed E-state index contributed by atoms with van der Waals surface area (Å²) in [5, 5.41) is 7.12. The smallest absolute Gasteiger partial charge is 0.169 e. The van der Waals surface area contributed by atoms with E-state index in [0.717, 1.165) is 36.7 Å². The summed E-state index contributed by atoms with van der Waals surface area (Å²) in [5.41, 5.74) is 7.91. The molecule has 0 saturated carbocycles. The third-order valence-electron chi connectivity index (χ3n) is 3.01. The maximum atomic E-state index is 6.00. The van der Waals surface area contributed by atoms with Gasteiger partial charge in [-0.15, -0.1) is 0 Å². The molecule has 5 nitrogen and oxygen atoms in total. The van der Waals surface area contributed by atoms with Crippen LogP contribution < -0.4 is 15.8 Å². The lowest BCUT2D eigenvalue weighted by Crippen LogP contribution is -2.08. The monoisotopic (exact) mass is 289 g/mol. The number of nitrogen functional groups attached to an aromatic ring is 1. The molecule has 0 aliphatic carbocycles. The van der Waals surface area contributed by atoms with Gasteiger partial charge in [0.2, 0.25) is 0 Å². The van der Waals surface area contributed by atoms with E-state index in [0.29, 0.717) is 5.69 Å². The maximum Gasteiger partial charge on any atom is 0.169 e. The van der Waals surface area contributed by atoms with Gasteiger partial charge in [-0.2, -0.15) is 0 Å². The van der Waals surface area contributed by atoms with Crippen LogP contribution in [0.5, 0.6) is 5.75 Å². The molecule has 0 unspecified atom stereocenters. The van der Waals surface area contributed by atoms with Crippen LogP contribution in [-0.2, 0) is 6.42 Å². The Kier molecular flexibility index (Phi) is 5.09. The summed E-state index contributed by atoms with van der Waals surface area (Å²) in [6.45, 7) is 6.70. The zero-order chi connectivity index (χ0) is 15.2. The molecule has 0 amide bonds. The van der Waals surface area contributed by atoms with Crippen LogP contribution in [0.4, 0.5) is 11.5 Å². The lowest BCUT2D eigenvalue weighted by Gasteiger charge is -2.13. The first-order valence-corrected chi connectivity index (χ1v) is 7.27. The summed E-state index contributed by atoms with van der Waals surface area (Å²) in [7, 11) is 0. The Labute approximate surface area is 125 Å². The van der Waals surface area contributed by atoms with Crippen molar-refractivity contribution < 1.29 is 9.26 Å². The average Bonchev–Trinajstić information content (AvgIpc) is 2.83. The van der Waals surface area contributed by atoms with Gasteiger partial charge in [0, 0.05) is 12.6 Å². The number of anilines is 2. The Balaban J connectivity index is 1.79. The predicted molar refractivity (Wildman–Crippen MR) is 84.7 cm³/mol. The van der Waals surface area contributed by atoms with E-state index in [1.807, 2.05) is 39.0 Å². The molecule has 0 atom stereocenters. The van der Waals surface area contributed by atoms with E-state index in [4.69, 9.17) is 15.0 Å². The SMILES string of the molecule is Cc1cc(NCCCc2ccc(OC(C)C)c(N)c2)no1. The van der Waals surface area contributed by atoms with Crippen molar-refractivity contribution in [1.29, 1.82) is 0 Å². The number of benzene rings is 1. The molecule has 1 heterocycles. The van der Waals surface area contributed by atoms with Crippen LogP contribution in [0.1, 0.15) is 31.6 Å². The Morgan fingerprint density at radius 1 is 1.33 bits per heavy atom. The van der Waals surface area contributed by atoms with Crippen molar-refractivity contribution in [1.82, 2.24) is 5.16 Å². The normalized spacial score (nSPS) is 10.9. The van der Waals surface area contributed by atoms with Gasteiger partial charge in [0.25, 0.3) is 0 Å². The summed E-state index contributed by atoms with van der Waals surface area (Å²) in [5.74, 6) is 2.35. The second-order valence-electron chi connectivity index (χ2n) is 5.39. The molecule has 3 N–H and O–H groups in total. The quantitative estimate of drug-likeness (QED) is 0.603. The van der Waals surface area contributed by atoms with Gasteiger partial charge in [-0.1, -0.05) is 11.2 Å². The van der Waals surface area contributed by atoms with Crippen molar-refractivity contribution >= 4 is 11.5 Å². The first kappa shape index (κ1) is 15.2. The van der Waals surface area contributed by atoms with Crippen LogP contribution in [0.3, 0.4) is 0 Å². The minimum Gasteiger partial charge on any atom is -0.489 e. The Bertz CT molecular complexity index is 579. The van der Waals surface area contributed by atoms with E-state index in [2.05, 4.69) is 16.5 Å². The van der Waals surface area contributed by atoms with Gasteiger partial charge in [0.15, 0.2) is 5.82 Å². The van der Waals surface area contributed by atoms with Gasteiger partial charge in [-0.3, -0.25) is 0 Å². The maximum absolute atomic E-state index is 6.00. The zero-order valence-electron chi connectivity index (χ0n) is 12.8. The molecule has 0 bridgehead atoms. The van der Waals surface area contributed by atoms with Gasteiger partial charge < -0.3 is 20.3 Å². The van der Waals surface area contributed by atoms with Crippen LogP contribution in [0, 0.1) is 6.92 Å². The standard InChI is InChI=1S/C16H23N3O2/c1-11(2)20-15-7-6-13(10-14(15)17)5-4-8-18-16-9-12(3)21-19-16/h6-7,9-11H,4-5,8,17H2,1-3H3,(H,18,19). The number of hydrogen-bond donors (Lipinski definition) is 2. The summed E-state index contributed by atoms with van der Waals surface area (Å²) in [6, 6.07) is 7.88. The number of nitrogens with one attached hydrogen (secondary N) is 1. The number of aryl methyl sites for hydroxylation is 2. The molecule has 21 heavy (non-hydrogen) atoms. The van der Waals surface area contributed by atoms with E-state index < -0.39 is 0 Å². The number of rotatable bonds is 7. The molecule has 1 aromatic carbocycles. The van der Waals surface area contributed by atoms with Crippen molar-refractivity contribution in [2.24, 2.45) is 0 Å². The molecule has 5 heteroatoms. The Morgan fingerprint density at radius 3 is 2.76 bits per heavy atom. The molecule has 1 aromatic heterocycles. The summed E-state index contributed by atoms with van der Waals surface area (Å²) >= 11 is 0. The van der Waals surface area contributed by atoms with Crippen molar-refractivity contribution in [2.45, 2.75) is 39.7 Å². The highest BCUT2D eigenvalue weighted by molar-refractivity contribution is 5.54. The average molecular weight is 289 g/mol. The first-order valence-electron chi connectivity index (χ1n) is 7.27. The second-order valence-corrected chi connectivity index (χ2v) is 5.39. The van der Waals surface area contributed by atoms with E-state index >= 15 is 0 Å². The predicted octanol–water partition coefficient (Wildman–Crippen LogP) is 3.40. The van der Waals surface area contributed by atoms with E-state index in [1.54, 1.807) is 0 Å². The van der Waals surface area contributed by atoms with Crippen LogP contribution >= 0.6 is 0 Å². The lowest BCUT2D eigenvalue weighted by molar-refractivity contribution is 0.244. The molecule has 0 radical (unpaired) electrons. The molecule has 0 spiro atoms. The van der Waals surface area contributed by atoms with Crippen molar-refractivity contribution in [2.75, 3.05) is 17.6 Å². The molecule has 0 fully saturated rings. The Morgan fingerprint density at radius 2 is 2.14 bits per heavy atom. The highest BCUT2D eigenvalue weighted by Gasteiger charge is 2.04. The highest BCUT2D eigenvalue weighted by atomic mass is 16.5. The number of nitrogens with two attached hydrogens (primary N) is 1. The lowest BCUT2D eigenvalue weighted by atomic mass is 10.1. The number of hydrogen-bond acceptors (Lipinski definition) is 5. The molecule has 114 valence electrons. The fraction of sp³-hybridized carbons (Fsp3) is 0.438. The minimum atomic E-state index is 0.133. The molecule has 0 aliphatic rings. The molecule has 0 aliphatic heterocycles. The minimum absolute atomic E-state index is 0.133. The van der Waals surface area contributed by atoms with Crippen molar-refractivity contribution in [3.05, 3.63) is 35.6 Å².